The van der Waals surface area contributed by atoms with Crippen molar-refractivity contribution >= 4 is 11.6 Å². The van der Waals surface area contributed by atoms with Gasteiger partial charge >= 0.3 is 6.18 Å². The molecule has 144 valence electrons. The highest BCUT2D eigenvalue weighted by molar-refractivity contribution is 6.04. The van der Waals surface area contributed by atoms with Crippen LogP contribution in [-0.2, 0) is 4.79 Å². The van der Waals surface area contributed by atoms with E-state index in [2.05, 4.69) is 0 Å². The molecule has 2 rings (SSSR count). The average Bonchev–Trinajstić information content (AvgIpc) is 2.91. The number of ketones is 2. The number of carbonyl (C=O) groups is 2. The standard InChI is InChI=1S/C20H19F3O4/c1-26-18-11-8-13(12-19(18)27-2)16(24)9-10-17(25)14-6-4-3-5-7-15(14)20(21,22)23/h4-8,11-12H,3,9-10H2,1-2H3. The molecule has 0 heterocycles. The fraction of sp³-hybridized carbons (Fsp3) is 0.300. The number of rotatable bonds is 7. The third-order valence-electron chi connectivity index (χ3n) is 4.02. The third-order valence-corrected chi connectivity index (χ3v) is 4.02. The summed E-state index contributed by atoms with van der Waals surface area (Å²) in [5, 5.41) is 0. The summed E-state index contributed by atoms with van der Waals surface area (Å²) in [5.74, 6) is -0.292. The summed E-state index contributed by atoms with van der Waals surface area (Å²) in [5.41, 5.74) is -1.11. The number of methoxy groups -OCH3 is 2. The van der Waals surface area contributed by atoms with E-state index in [-0.39, 0.29) is 18.6 Å². The second-order valence-corrected chi connectivity index (χ2v) is 5.78. The van der Waals surface area contributed by atoms with Crippen LogP contribution in [0.15, 0.2) is 53.6 Å². The Kier molecular flexibility index (Phi) is 6.60. The highest BCUT2D eigenvalue weighted by Crippen LogP contribution is 2.32. The summed E-state index contributed by atoms with van der Waals surface area (Å²) < 4.78 is 49.7. The summed E-state index contributed by atoms with van der Waals surface area (Å²) in [6.07, 6.45) is 0.0493. The molecule has 1 aliphatic rings. The smallest absolute Gasteiger partial charge is 0.417 e. The fourth-order valence-electron chi connectivity index (χ4n) is 2.64. The molecule has 0 atom stereocenters. The molecule has 0 fully saturated rings. The zero-order valence-electron chi connectivity index (χ0n) is 14.9. The predicted molar refractivity (Wildman–Crippen MR) is 94.1 cm³/mol. The summed E-state index contributed by atoms with van der Waals surface area (Å²) in [4.78, 5) is 24.7. The highest BCUT2D eigenvalue weighted by Gasteiger charge is 2.35. The molecule has 0 aliphatic heterocycles. The molecule has 4 nitrogen and oxygen atoms in total. The molecule has 7 heteroatoms. The number of alkyl halides is 3. The van der Waals surface area contributed by atoms with E-state index in [4.69, 9.17) is 9.47 Å². The van der Waals surface area contributed by atoms with Gasteiger partial charge in [0.15, 0.2) is 23.1 Å². The third kappa shape index (κ3) is 5.09. The van der Waals surface area contributed by atoms with E-state index < -0.39 is 23.1 Å². The molecule has 0 amide bonds. The van der Waals surface area contributed by atoms with E-state index in [0.29, 0.717) is 23.5 Å². The van der Waals surface area contributed by atoms with Crippen LogP contribution in [0.25, 0.3) is 0 Å². The predicted octanol–water partition coefficient (Wildman–Crippen LogP) is 4.61. The molecular formula is C20H19F3O4. The Morgan fingerprint density at radius 2 is 1.59 bits per heavy atom. The Morgan fingerprint density at radius 3 is 2.22 bits per heavy atom. The lowest BCUT2D eigenvalue weighted by molar-refractivity contribution is -0.116. The van der Waals surface area contributed by atoms with Crippen molar-refractivity contribution in [2.45, 2.75) is 25.4 Å². The number of carbonyl (C=O) groups excluding carboxylic acids is 2. The van der Waals surface area contributed by atoms with Gasteiger partial charge in [-0.3, -0.25) is 9.59 Å². The first kappa shape index (κ1) is 20.5. The lowest BCUT2D eigenvalue weighted by Crippen LogP contribution is -2.16. The van der Waals surface area contributed by atoms with Crippen LogP contribution in [0.5, 0.6) is 11.5 Å². The number of hydrogen-bond donors (Lipinski definition) is 0. The summed E-state index contributed by atoms with van der Waals surface area (Å²) >= 11 is 0. The van der Waals surface area contributed by atoms with E-state index in [0.717, 1.165) is 6.08 Å². The summed E-state index contributed by atoms with van der Waals surface area (Å²) in [6, 6.07) is 4.54. The van der Waals surface area contributed by atoms with Crippen LogP contribution in [0.4, 0.5) is 13.2 Å². The van der Waals surface area contributed by atoms with Gasteiger partial charge in [-0.25, -0.2) is 0 Å². The van der Waals surface area contributed by atoms with E-state index in [1.807, 2.05) is 0 Å². The van der Waals surface area contributed by atoms with Crippen molar-refractivity contribution in [3.63, 3.8) is 0 Å². The quantitative estimate of drug-likeness (QED) is 0.648. The average molecular weight is 380 g/mol. The van der Waals surface area contributed by atoms with E-state index in [9.17, 15) is 22.8 Å². The molecule has 0 spiro atoms. The maximum Gasteiger partial charge on any atom is 0.417 e. The minimum atomic E-state index is -4.64. The SMILES string of the molecule is COc1ccc(C(=O)CCC(=O)C2=C(C(F)(F)F)C=CCC=C2)cc1OC. The number of allylic oxidation sites excluding steroid dienone is 6. The molecule has 0 saturated heterocycles. The second-order valence-electron chi connectivity index (χ2n) is 5.78. The Bertz CT molecular complexity index is 817. The van der Waals surface area contributed by atoms with Crippen LogP contribution >= 0.6 is 0 Å². The van der Waals surface area contributed by atoms with Crippen LogP contribution < -0.4 is 9.47 Å². The van der Waals surface area contributed by atoms with Crippen LogP contribution in [0.3, 0.4) is 0 Å². The summed E-state index contributed by atoms with van der Waals surface area (Å²) in [6.45, 7) is 0. The monoisotopic (exact) mass is 380 g/mol. The van der Waals surface area contributed by atoms with Crippen molar-refractivity contribution in [2.24, 2.45) is 0 Å². The number of hydrogen-bond acceptors (Lipinski definition) is 4. The molecule has 27 heavy (non-hydrogen) atoms. The van der Waals surface area contributed by atoms with Gasteiger partial charge < -0.3 is 9.47 Å². The van der Waals surface area contributed by atoms with Crippen LogP contribution in [0.1, 0.15) is 29.6 Å². The normalized spacial score (nSPS) is 14.1. The van der Waals surface area contributed by atoms with Gasteiger partial charge in [-0.2, -0.15) is 13.2 Å². The maximum absolute atomic E-state index is 13.2. The zero-order valence-corrected chi connectivity index (χ0v) is 14.9. The van der Waals surface area contributed by atoms with Gasteiger partial charge in [0.2, 0.25) is 0 Å². The van der Waals surface area contributed by atoms with Gasteiger partial charge in [-0.1, -0.05) is 24.3 Å². The molecule has 1 aromatic carbocycles. The topological polar surface area (TPSA) is 52.6 Å². The van der Waals surface area contributed by atoms with Gasteiger partial charge in [0, 0.05) is 24.0 Å². The Labute approximate surface area is 155 Å². The lowest BCUT2D eigenvalue weighted by Gasteiger charge is -2.12. The van der Waals surface area contributed by atoms with Gasteiger partial charge in [-0.15, -0.1) is 0 Å². The Balaban J connectivity index is 2.15. The molecular weight excluding hydrogens is 361 g/mol. The van der Waals surface area contributed by atoms with Crippen molar-refractivity contribution in [1.29, 1.82) is 0 Å². The van der Waals surface area contributed by atoms with E-state index >= 15 is 0 Å². The fourth-order valence-corrected chi connectivity index (χ4v) is 2.64. The molecule has 0 N–H and O–H groups in total. The Morgan fingerprint density at radius 1 is 0.963 bits per heavy atom. The van der Waals surface area contributed by atoms with Gasteiger partial charge in [0.1, 0.15) is 0 Å². The van der Waals surface area contributed by atoms with Crippen molar-refractivity contribution < 1.29 is 32.2 Å². The number of ether oxygens (including phenoxy) is 2. The minimum absolute atomic E-state index is 0.208. The van der Waals surface area contributed by atoms with Crippen LogP contribution in [-0.4, -0.2) is 32.0 Å². The van der Waals surface area contributed by atoms with Crippen molar-refractivity contribution in [2.75, 3.05) is 14.2 Å². The molecule has 1 aromatic rings. The zero-order chi connectivity index (χ0) is 20.0. The first-order valence-corrected chi connectivity index (χ1v) is 8.21. The molecule has 0 bridgehead atoms. The van der Waals surface area contributed by atoms with Crippen molar-refractivity contribution in [1.82, 2.24) is 0 Å². The number of Topliss-reactive ketones (excluding diaryl/α,β-unsaturated/α-hetero) is 2. The molecule has 0 unspecified atom stereocenters. The largest absolute Gasteiger partial charge is 0.493 e. The first-order chi connectivity index (χ1) is 12.8. The summed E-state index contributed by atoms with van der Waals surface area (Å²) in [7, 11) is 2.88. The van der Waals surface area contributed by atoms with Crippen molar-refractivity contribution in [3.05, 3.63) is 59.2 Å². The number of benzene rings is 1. The molecule has 0 aromatic heterocycles. The van der Waals surface area contributed by atoms with Gasteiger partial charge in [0.05, 0.1) is 19.8 Å². The first-order valence-electron chi connectivity index (χ1n) is 8.21. The number of halogens is 3. The van der Waals surface area contributed by atoms with Crippen LogP contribution in [0.2, 0.25) is 0 Å². The molecule has 1 aliphatic carbocycles. The van der Waals surface area contributed by atoms with E-state index in [1.54, 1.807) is 6.07 Å². The minimum Gasteiger partial charge on any atom is -0.493 e. The second kappa shape index (κ2) is 8.70. The van der Waals surface area contributed by atoms with Crippen LogP contribution in [0, 0.1) is 0 Å². The van der Waals surface area contributed by atoms with Crippen molar-refractivity contribution in [3.8, 4) is 11.5 Å². The molecule has 0 radical (unpaired) electrons. The highest BCUT2D eigenvalue weighted by atomic mass is 19.4. The lowest BCUT2D eigenvalue weighted by atomic mass is 9.97. The van der Waals surface area contributed by atoms with Gasteiger partial charge in [-0.05, 0) is 24.6 Å². The van der Waals surface area contributed by atoms with E-state index in [1.165, 1.54) is 44.6 Å². The van der Waals surface area contributed by atoms with Gasteiger partial charge in [0.25, 0.3) is 0 Å². The Hall–Kier alpha value is -2.83. The molecule has 0 saturated carbocycles. The maximum atomic E-state index is 13.2.